The fourth-order valence-corrected chi connectivity index (χ4v) is 3.85. The van der Waals surface area contributed by atoms with Gasteiger partial charge in [0.1, 0.15) is 11.8 Å². The summed E-state index contributed by atoms with van der Waals surface area (Å²) in [6, 6.07) is 13.2. The molecule has 1 unspecified atom stereocenters. The van der Waals surface area contributed by atoms with Gasteiger partial charge in [-0.25, -0.2) is 0 Å². The minimum atomic E-state index is -0.261. The van der Waals surface area contributed by atoms with Crippen LogP contribution in [0.1, 0.15) is 11.1 Å². The number of nitrogens with zero attached hydrogens (tertiary/aromatic N) is 2. The summed E-state index contributed by atoms with van der Waals surface area (Å²) >= 11 is 1.64. The van der Waals surface area contributed by atoms with Crippen LogP contribution in [0.3, 0.4) is 0 Å². The molecule has 26 heavy (non-hydrogen) atoms. The molecule has 0 amide bonds. The Labute approximate surface area is 156 Å². The summed E-state index contributed by atoms with van der Waals surface area (Å²) in [6.07, 6.45) is 0. The van der Waals surface area contributed by atoms with Crippen LogP contribution in [0, 0.1) is 0 Å². The third-order valence-electron chi connectivity index (χ3n) is 4.06. The normalized spacial score (nSPS) is 17.0. The quantitative estimate of drug-likeness (QED) is 0.478. The molecule has 1 aliphatic heterocycles. The zero-order valence-corrected chi connectivity index (χ0v) is 15.6. The van der Waals surface area contributed by atoms with Gasteiger partial charge in [0.2, 0.25) is 5.75 Å². The number of ether oxygens (including phenoxy) is 3. The van der Waals surface area contributed by atoms with E-state index in [9.17, 15) is 5.21 Å². The van der Waals surface area contributed by atoms with Crippen LogP contribution >= 0.6 is 11.8 Å². The number of thioether (sulfide) groups is 1. The lowest BCUT2D eigenvalue weighted by Gasteiger charge is -2.16. The number of benzene rings is 2. The summed E-state index contributed by atoms with van der Waals surface area (Å²) in [6.45, 7) is 0. The van der Waals surface area contributed by atoms with Gasteiger partial charge in [-0.15, -0.1) is 11.8 Å². The number of hydrogen-bond acceptors (Lipinski definition) is 7. The van der Waals surface area contributed by atoms with Crippen LogP contribution in [0.4, 0.5) is 0 Å². The number of methoxy groups -OCH3 is 3. The van der Waals surface area contributed by atoms with E-state index in [4.69, 9.17) is 19.2 Å². The van der Waals surface area contributed by atoms with Gasteiger partial charge < -0.3 is 19.4 Å². The third-order valence-corrected chi connectivity index (χ3v) is 5.15. The third kappa shape index (κ3) is 3.48. The van der Waals surface area contributed by atoms with Crippen molar-refractivity contribution < 1.29 is 19.4 Å². The highest BCUT2D eigenvalue weighted by molar-refractivity contribution is 8.14. The molecule has 0 fully saturated rings. The van der Waals surface area contributed by atoms with Gasteiger partial charge in [0.25, 0.3) is 0 Å². The van der Waals surface area contributed by atoms with Gasteiger partial charge in [0.15, 0.2) is 11.5 Å². The molecule has 2 aromatic carbocycles. The predicted octanol–water partition coefficient (Wildman–Crippen LogP) is 3.45. The van der Waals surface area contributed by atoms with E-state index in [1.54, 1.807) is 45.2 Å². The van der Waals surface area contributed by atoms with Crippen LogP contribution < -0.4 is 14.2 Å². The minimum Gasteiger partial charge on any atom is -0.493 e. The molecule has 136 valence electrons. The maximum Gasteiger partial charge on any atom is 0.203 e. The Morgan fingerprint density at radius 2 is 1.73 bits per heavy atom. The molecule has 0 saturated carbocycles. The number of aliphatic imine (C=N–C) groups is 1. The van der Waals surface area contributed by atoms with Crippen molar-refractivity contribution in [1.29, 1.82) is 0 Å². The van der Waals surface area contributed by atoms with Crippen LogP contribution in [-0.2, 0) is 0 Å². The molecule has 2 aromatic rings. The van der Waals surface area contributed by atoms with Crippen LogP contribution in [0.5, 0.6) is 17.2 Å². The fraction of sp³-hybridized carbons (Fsp3) is 0.263. The molecule has 1 aliphatic rings. The maximum atomic E-state index is 9.65. The van der Waals surface area contributed by atoms with Crippen molar-refractivity contribution in [3.05, 3.63) is 53.6 Å². The molecule has 7 heteroatoms. The SMILES string of the molecule is COc1cc(/C(=N/O)C2CSC(c3ccccc3)=N2)cc(OC)c1OC. The molecule has 1 N–H and O–H groups in total. The van der Waals surface area contributed by atoms with Crippen molar-refractivity contribution in [3.63, 3.8) is 0 Å². The lowest BCUT2D eigenvalue weighted by molar-refractivity contribution is 0.316. The average Bonchev–Trinajstić information content (AvgIpc) is 3.18. The minimum absolute atomic E-state index is 0.261. The molecule has 1 atom stereocenters. The lowest BCUT2D eigenvalue weighted by atomic mass is 10.0. The van der Waals surface area contributed by atoms with E-state index in [0.717, 1.165) is 10.6 Å². The van der Waals surface area contributed by atoms with Gasteiger partial charge in [-0.05, 0) is 12.1 Å². The Kier molecular flexibility index (Phi) is 5.68. The van der Waals surface area contributed by atoms with E-state index in [1.807, 2.05) is 30.3 Å². The Morgan fingerprint density at radius 1 is 1.08 bits per heavy atom. The molecule has 1 heterocycles. The van der Waals surface area contributed by atoms with Gasteiger partial charge in [-0.2, -0.15) is 0 Å². The Balaban J connectivity index is 1.96. The topological polar surface area (TPSA) is 72.6 Å². The number of oxime groups is 1. The zero-order valence-electron chi connectivity index (χ0n) is 14.8. The zero-order chi connectivity index (χ0) is 18.5. The van der Waals surface area contributed by atoms with Gasteiger partial charge in [-0.1, -0.05) is 35.5 Å². The second-order valence-corrected chi connectivity index (χ2v) is 6.54. The van der Waals surface area contributed by atoms with Crippen molar-refractivity contribution in [2.75, 3.05) is 27.1 Å². The molecular weight excluding hydrogens is 352 g/mol. The van der Waals surface area contributed by atoms with Crippen LogP contribution in [0.2, 0.25) is 0 Å². The summed E-state index contributed by atoms with van der Waals surface area (Å²) in [5, 5.41) is 14.1. The van der Waals surface area contributed by atoms with E-state index < -0.39 is 0 Å². The van der Waals surface area contributed by atoms with Crippen LogP contribution in [-0.4, -0.2) is 49.1 Å². The molecule has 0 radical (unpaired) electrons. The van der Waals surface area contributed by atoms with Crippen LogP contribution in [0.15, 0.2) is 52.6 Å². The molecule has 6 nitrogen and oxygen atoms in total. The summed E-state index contributed by atoms with van der Waals surface area (Å²) in [4.78, 5) is 4.74. The highest BCUT2D eigenvalue weighted by Gasteiger charge is 2.27. The van der Waals surface area contributed by atoms with Gasteiger partial charge in [0.05, 0.1) is 26.4 Å². The number of hydrogen-bond donors (Lipinski definition) is 1. The first-order valence-electron chi connectivity index (χ1n) is 8.00. The Morgan fingerprint density at radius 3 is 2.27 bits per heavy atom. The van der Waals surface area contributed by atoms with E-state index in [1.165, 1.54) is 0 Å². The second kappa shape index (κ2) is 8.14. The molecule has 0 spiro atoms. The molecule has 0 aliphatic carbocycles. The van der Waals surface area contributed by atoms with E-state index in [2.05, 4.69) is 5.16 Å². The van der Waals surface area contributed by atoms with Crippen molar-refractivity contribution in [1.82, 2.24) is 0 Å². The predicted molar refractivity (Wildman–Crippen MR) is 104 cm³/mol. The average molecular weight is 372 g/mol. The first-order chi connectivity index (χ1) is 12.7. The van der Waals surface area contributed by atoms with Gasteiger partial charge in [-0.3, -0.25) is 4.99 Å². The summed E-state index contributed by atoms with van der Waals surface area (Å²) in [5.74, 6) is 2.19. The number of rotatable bonds is 6. The van der Waals surface area contributed by atoms with Crippen LogP contribution in [0.25, 0.3) is 0 Å². The van der Waals surface area contributed by atoms with Gasteiger partial charge >= 0.3 is 0 Å². The first kappa shape index (κ1) is 18.1. The van der Waals surface area contributed by atoms with Crippen molar-refractivity contribution in [2.24, 2.45) is 10.1 Å². The molecular formula is C19H20N2O4S. The first-order valence-corrected chi connectivity index (χ1v) is 8.98. The smallest absolute Gasteiger partial charge is 0.203 e. The van der Waals surface area contributed by atoms with E-state index in [0.29, 0.717) is 34.3 Å². The van der Waals surface area contributed by atoms with Crippen molar-refractivity contribution in [2.45, 2.75) is 6.04 Å². The monoisotopic (exact) mass is 372 g/mol. The fourth-order valence-electron chi connectivity index (χ4n) is 2.80. The van der Waals surface area contributed by atoms with E-state index >= 15 is 0 Å². The Hall–Kier alpha value is -2.67. The summed E-state index contributed by atoms with van der Waals surface area (Å²) < 4.78 is 16.1. The lowest BCUT2D eigenvalue weighted by Crippen LogP contribution is -2.20. The summed E-state index contributed by atoms with van der Waals surface area (Å²) in [7, 11) is 4.65. The highest BCUT2D eigenvalue weighted by Crippen LogP contribution is 2.39. The van der Waals surface area contributed by atoms with E-state index in [-0.39, 0.29) is 6.04 Å². The van der Waals surface area contributed by atoms with Crippen molar-refractivity contribution in [3.8, 4) is 17.2 Å². The second-order valence-electron chi connectivity index (χ2n) is 5.53. The standard InChI is InChI=1S/C19H20N2O4S/c1-23-15-9-13(10-16(24-2)18(15)25-3)17(21-22)14-11-26-19(20-14)12-7-5-4-6-8-12/h4-10,14,22H,11H2,1-3H3/b21-17-. The molecule has 0 saturated heterocycles. The highest BCUT2D eigenvalue weighted by atomic mass is 32.2. The largest absolute Gasteiger partial charge is 0.493 e. The summed E-state index contributed by atoms with van der Waals surface area (Å²) in [5.41, 5.74) is 2.19. The molecule has 0 bridgehead atoms. The van der Waals surface area contributed by atoms with Gasteiger partial charge in [0, 0.05) is 16.9 Å². The Bertz CT molecular complexity index is 812. The maximum absolute atomic E-state index is 9.65. The molecule has 0 aromatic heterocycles. The van der Waals surface area contributed by atoms with Crippen molar-refractivity contribution >= 4 is 22.5 Å². The molecule has 3 rings (SSSR count).